The molecule has 3 rings (SSSR count). The van der Waals surface area contributed by atoms with Gasteiger partial charge in [0, 0.05) is 6.04 Å². The van der Waals surface area contributed by atoms with Gasteiger partial charge >= 0.3 is 0 Å². The first-order valence-corrected chi connectivity index (χ1v) is 12.2. The van der Waals surface area contributed by atoms with Gasteiger partial charge in [-0.25, -0.2) is 13.1 Å². The summed E-state index contributed by atoms with van der Waals surface area (Å²) in [5, 5.41) is 9.17. The molecule has 6 nitrogen and oxygen atoms in total. The molecule has 2 aromatic rings. The van der Waals surface area contributed by atoms with Gasteiger partial charge in [-0.3, -0.25) is 4.90 Å². The number of hydrogen-bond acceptors (Lipinski definition) is 7. The number of rotatable bonds is 6. The van der Waals surface area contributed by atoms with E-state index in [4.69, 9.17) is 23.8 Å². The van der Waals surface area contributed by atoms with Crippen LogP contribution >= 0.6 is 35.2 Å². The highest BCUT2D eigenvalue weighted by molar-refractivity contribution is 7.91. The van der Waals surface area contributed by atoms with E-state index in [0.717, 1.165) is 23.4 Å². The Balaban J connectivity index is 1.78. The Hall–Kier alpha value is -1.00. The molecule has 1 saturated heterocycles. The average Bonchev–Trinajstić information content (AvgIpc) is 3.10. The lowest BCUT2D eigenvalue weighted by Crippen LogP contribution is -2.37. The predicted octanol–water partition coefficient (Wildman–Crippen LogP) is 4.15. The Labute approximate surface area is 174 Å². The maximum Gasteiger partial charge on any atom is 0.209 e. The number of aromatic nitrogens is 2. The van der Waals surface area contributed by atoms with Crippen molar-refractivity contribution in [3.05, 3.63) is 32.2 Å². The fourth-order valence-electron chi connectivity index (χ4n) is 3.34. The van der Waals surface area contributed by atoms with E-state index < -0.39 is 9.84 Å². The summed E-state index contributed by atoms with van der Waals surface area (Å²) in [7, 11) is -2.92. The lowest BCUT2D eigenvalue weighted by atomic mass is 10.1. The van der Waals surface area contributed by atoms with Gasteiger partial charge in [-0.1, -0.05) is 35.9 Å². The van der Waals surface area contributed by atoms with E-state index in [0.29, 0.717) is 27.2 Å². The van der Waals surface area contributed by atoms with E-state index in [9.17, 15) is 8.42 Å². The monoisotopic (exact) mass is 446 g/mol. The maximum atomic E-state index is 11.8. The molecule has 1 aromatic heterocycles. The molecule has 10 heteroatoms. The van der Waals surface area contributed by atoms with Crippen molar-refractivity contribution in [3.63, 3.8) is 0 Å². The Morgan fingerprint density at radius 2 is 2.19 bits per heavy atom. The van der Waals surface area contributed by atoms with Gasteiger partial charge in [0.2, 0.25) is 5.13 Å². The molecular weight excluding hydrogens is 424 g/mol. The van der Waals surface area contributed by atoms with E-state index in [1.165, 1.54) is 11.3 Å². The standard InChI is InChI=1S/C17H23ClN4O2S3/c1-4-21(13-5-6-27(23,24)9-13)10-22-17(25)26-16(20-22)19-15-12(3)7-11(2)8-14(15)18/h7-8,13H,4-6,9-10H2,1-3H3,(H,19,20). The third kappa shape index (κ3) is 4.89. The van der Waals surface area contributed by atoms with E-state index >= 15 is 0 Å². The zero-order chi connectivity index (χ0) is 19.8. The topological polar surface area (TPSA) is 67.2 Å². The molecule has 2 heterocycles. The van der Waals surface area contributed by atoms with Crippen molar-refractivity contribution >= 4 is 55.8 Å². The summed E-state index contributed by atoms with van der Waals surface area (Å²) in [6, 6.07) is 3.99. The van der Waals surface area contributed by atoms with E-state index in [1.54, 1.807) is 4.68 Å². The zero-order valence-corrected chi connectivity index (χ0v) is 18.7. The predicted molar refractivity (Wildman–Crippen MR) is 115 cm³/mol. The minimum Gasteiger partial charge on any atom is -0.329 e. The summed E-state index contributed by atoms with van der Waals surface area (Å²) in [4.78, 5) is 2.12. The number of anilines is 2. The molecule has 1 aliphatic heterocycles. The Morgan fingerprint density at radius 1 is 1.44 bits per heavy atom. The van der Waals surface area contributed by atoms with Crippen LogP contribution in [0.5, 0.6) is 0 Å². The van der Waals surface area contributed by atoms with Crippen LogP contribution < -0.4 is 5.32 Å². The van der Waals surface area contributed by atoms with Crippen molar-refractivity contribution in [2.45, 2.75) is 39.9 Å². The Morgan fingerprint density at radius 3 is 2.78 bits per heavy atom. The molecule has 27 heavy (non-hydrogen) atoms. The molecule has 1 fully saturated rings. The second-order valence-corrected chi connectivity index (χ2v) is 11.1. The second-order valence-electron chi connectivity index (χ2n) is 6.84. The van der Waals surface area contributed by atoms with Gasteiger partial charge in [0.15, 0.2) is 13.8 Å². The fourth-order valence-corrected chi connectivity index (χ4v) is 6.46. The SMILES string of the molecule is CCN(Cn1nc(Nc2c(C)cc(C)cc2Cl)sc1=S)C1CCS(=O)(=O)C1. The van der Waals surface area contributed by atoms with Crippen LogP contribution in [0.25, 0.3) is 0 Å². The average molecular weight is 447 g/mol. The molecule has 0 radical (unpaired) electrons. The van der Waals surface area contributed by atoms with Gasteiger partial charge in [0.05, 0.1) is 28.9 Å². The smallest absolute Gasteiger partial charge is 0.209 e. The minimum atomic E-state index is -2.92. The number of hydrogen-bond donors (Lipinski definition) is 1. The number of aryl methyl sites for hydroxylation is 2. The number of nitrogens with one attached hydrogen (secondary N) is 1. The zero-order valence-electron chi connectivity index (χ0n) is 15.5. The lowest BCUT2D eigenvalue weighted by Gasteiger charge is -2.26. The molecule has 0 saturated carbocycles. The van der Waals surface area contributed by atoms with Crippen molar-refractivity contribution in [2.24, 2.45) is 0 Å². The number of benzene rings is 1. The van der Waals surface area contributed by atoms with Gasteiger partial charge in [-0.15, -0.1) is 5.10 Å². The summed E-state index contributed by atoms with van der Waals surface area (Å²) >= 11 is 13.2. The highest BCUT2D eigenvalue weighted by Gasteiger charge is 2.31. The first kappa shape index (κ1) is 20.7. The highest BCUT2D eigenvalue weighted by Crippen LogP contribution is 2.31. The molecule has 0 spiro atoms. The molecule has 1 aliphatic rings. The van der Waals surface area contributed by atoms with Gasteiger partial charge in [-0.05, 0) is 56.2 Å². The van der Waals surface area contributed by atoms with E-state index in [-0.39, 0.29) is 17.5 Å². The number of nitrogens with zero attached hydrogens (tertiary/aromatic N) is 3. The van der Waals surface area contributed by atoms with Crippen molar-refractivity contribution in [1.29, 1.82) is 0 Å². The third-order valence-electron chi connectivity index (χ3n) is 4.72. The molecule has 0 bridgehead atoms. The van der Waals surface area contributed by atoms with Gasteiger partial charge in [-0.2, -0.15) is 0 Å². The van der Waals surface area contributed by atoms with Crippen LogP contribution in [0.2, 0.25) is 5.02 Å². The summed E-state index contributed by atoms with van der Waals surface area (Å²) in [5.41, 5.74) is 2.97. The van der Waals surface area contributed by atoms with E-state index in [2.05, 4.69) is 21.4 Å². The Bertz CT molecular complexity index is 977. The molecule has 148 valence electrons. The van der Waals surface area contributed by atoms with Crippen molar-refractivity contribution < 1.29 is 8.42 Å². The van der Waals surface area contributed by atoms with Crippen LogP contribution in [0, 0.1) is 17.8 Å². The molecule has 1 unspecified atom stereocenters. The second kappa shape index (κ2) is 8.16. The third-order valence-corrected chi connectivity index (χ3v) is 7.99. The molecule has 1 aromatic carbocycles. The summed E-state index contributed by atoms with van der Waals surface area (Å²) in [5.74, 6) is 0.468. The molecule has 1 N–H and O–H groups in total. The minimum absolute atomic E-state index is 0.0220. The fraction of sp³-hybridized carbons (Fsp3) is 0.529. The molecular formula is C17H23ClN4O2S3. The van der Waals surface area contributed by atoms with Gasteiger partial charge in [0.25, 0.3) is 0 Å². The quantitative estimate of drug-likeness (QED) is 0.672. The van der Waals surface area contributed by atoms with Crippen LogP contribution in [0.15, 0.2) is 12.1 Å². The summed E-state index contributed by atoms with van der Waals surface area (Å²) in [6.07, 6.45) is 0.664. The first-order valence-electron chi connectivity index (χ1n) is 8.74. The molecule has 0 amide bonds. The lowest BCUT2D eigenvalue weighted by molar-refractivity contribution is 0.165. The molecule has 0 aliphatic carbocycles. The van der Waals surface area contributed by atoms with Crippen LogP contribution in [0.3, 0.4) is 0 Å². The van der Waals surface area contributed by atoms with Crippen molar-refractivity contribution in [1.82, 2.24) is 14.7 Å². The summed E-state index contributed by atoms with van der Waals surface area (Å²) < 4.78 is 26.0. The number of halogens is 1. The first-order chi connectivity index (χ1) is 12.7. The van der Waals surface area contributed by atoms with E-state index in [1.807, 2.05) is 26.8 Å². The number of sulfone groups is 1. The van der Waals surface area contributed by atoms with Gasteiger partial charge < -0.3 is 5.32 Å². The Kier molecular flexibility index (Phi) is 6.27. The van der Waals surface area contributed by atoms with Gasteiger partial charge in [0.1, 0.15) is 0 Å². The van der Waals surface area contributed by atoms with Crippen LogP contribution in [-0.4, -0.2) is 47.2 Å². The highest BCUT2D eigenvalue weighted by atomic mass is 35.5. The van der Waals surface area contributed by atoms with Crippen LogP contribution in [-0.2, 0) is 16.5 Å². The van der Waals surface area contributed by atoms with Crippen molar-refractivity contribution in [3.8, 4) is 0 Å². The normalized spacial score (nSPS) is 18.9. The van der Waals surface area contributed by atoms with Crippen LogP contribution in [0.4, 0.5) is 10.8 Å². The van der Waals surface area contributed by atoms with Crippen LogP contribution in [0.1, 0.15) is 24.5 Å². The largest absolute Gasteiger partial charge is 0.329 e. The maximum absolute atomic E-state index is 11.8. The molecule has 1 atom stereocenters. The van der Waals surface area contributed by atoms with Crippen molar-refractivity contribution in [2.75, 3.05) is 23.4 Å². The summed E-state index contributed by atoms with van der Waals surface area (Å²) in [6.45, 7) is 7.25.